The Hall–Kier alpha value is -1.06. The predicted octanol–water partition coefficient (Wildman–Crippen LogP) is 3.66. The average molecular weight is 290 g/mol. The third kappa shape index (κ3) is 5.01. The van der Waals surface area contributed by atoms with Gasteiger partial charge in [-0.25, -0.2) is 0 Å². The zero-order valence-electron chi connectivity index (χ0n) is 13.7. The van der Waals surface area contributed by atoms with Crippen LogP contribution in [0.15, 0.2) is 24.3 Å². The van der Waals surface area contributed by atoms with Crippen LogP contribution in [0, 0.1) is 0 Å². The first-order chi connectivity index (χ1) is 10.2. The first-order valence-corrected chi connectivity index (χ1v) is 8.33. The van der Waals surface area contributed by atoms with Crippen molar-refractivity contribution in [3.05, 3.63) is 29.8 Å². The molecule has 3 atom stereocenters. The fourth-order valence-corrected chi connectivity index (χ4v) is 3.34. The molecule has 2 unspecified atom stereocenters. The van der Waals surface area contributed by atoms with Gasteiger partial charge in [-0.05, 0) is 45.7 Å². The topological polar surface area (TPSA) is 33.3 Å². The largest absolute Gasteiger partial charge is 0.496 e. The van der Waals surface area contributed by atoms with Gasteiger partial charge in [0.2, 0.25) is 0 Å². The molecule has 3 heteroatoms. The van der Waals surface area contributed by atoms with Gasteiger partial charge in [-0.1, -0.05) is 31.0 Å². The van der Waals surface area contributed by atoms with Crippen LogP contribution in [0.5, 0.6) is 5.75 Å². The smallest absolute Gasteiger partial charge is 0.123 e. The quantitative estimate of drug-likeness (QED) is 0.839. The zero-order chi connectivity index (χ0) is 15.1. The third-order valence-electron chi connectivity index (χ3n) is 4.44. The summed E-state index contributed by atoms with van der Waals surface area (Å²) in [6, 6.07) is 9.75. The normalized spacial score (nSPS) is 22.3. The number of methoxy groups -OCH3 is 1. The summed E-state index contributed by atoms with van der Waals surface area (Å²) in [7, 11) is 1.74. The van der Waals surface area contributed by atoms with Crippen molar-refractivity contribution in [3.63, 3.8) is 0 Å². The number of benzene rings is 1. The number of nitrogens with one attached hydrogen (secondary N) is 2. The molecule has 0 aliphatic carbocycles. The van der Waals surface area contributed by atoms with Crippen LogP contribution >= 0.6 is 0 Å². The fraction of sp³-hybridized carbons (Fsp3) is 0.667. The second-order valence-corrected chi connectivity index (χ2v) is 6.27. The zero-order valence-corrected chi connectivity index (χ0v) is 13.7. The second kappa shape index (κ2) is 8.40. The van der Waals surface area contributed by atoms with Crippen molar-refractivity contribution in [2.45, 2.75) is 64.1 Å². The van der Waals surface area contributed by atoms with Gasteiger partial charge in [0.1, 0.15) is 5.75 Å². The van der Waals surface area contributed by atoms with Crippen molar-refractivity contribution in [2.24, 2.45) is 0 Å². The average Bonchev–Trinajstić information content (AvgIpc) is 2.75. The minimum Gasteiger partial charge on any atom is -0.496 e. The lowest BCUT2D eigenvalue weighted by Gasteiger charge is -2.25. The third-order valence-corrected chi connectivity index (χ3v) is 4.44. The van der Waals surface area contributed by atoms with Gasteiger partial charge in [0.05, 0.1) is 7.11 Å². The summed E-state index contributed by atoms with van der Waals surface area (Å²) in [4.78, 5) is 0. The van der Waals surface area contributed by atoms with Gasteiger partial charge < -0.3 is 15.4 Å². The van der Waals surface area contributed by atoms with Gasteiger partial charge in [-0.15, -0.1) is 0 Å². The molecular formula is C18H30N2O. The van der Waals surface area contributed by atoms with E-state index < -0.39 is 0 Å². The molecule has 0 spiro atoms. The van der Waals surface area contributed by atoms with Crippen LogP contribution in [-0.2, 0) is 0 Å². The minimum atomic E-state index is 0.307. The van der Waals surface area contributed by atoms with Crippen LogP contribution in [0.25, 0.3) is 0 Å². The molecule has 1 aromatic carbocycles. The Bertz CT molecular complexity index is 413. The molecule has 1 aliphatic rings. The molecular weight excluding hydrogens is 260 g/mol. The molecule has 1 heterocycles. The standard InChI is InChI=1S/C18H30N2O/c1-14(13-16-9-5-4-8-12-19-16)20-15(2)17-10-6-7-11-18(17)21-3/h6-7,10-11,14-16,19-20H,4-5,8-9,12-13H2,1-3H3/t14?,15-,16?/m0/s1. The Morgan fingerprint density at radius 1 is 1.24 bits per heavy atom. The van der Waals surface area contributed by atoms with E-state index in [-0.39, 0.29) is 0 Å². The molecule has 1 saturated heterocycles. The van der Waals surface area contributed by atoms with Crippen molar-refractivity contribution in [1.29, 1.82) is 0 Å². The minimum absolute atomic E-state index is 0.307. The van der Waals surface area contributed by atoms with E-state index in [9.17, 15) is 0 Å². The van der Waals surface area contributed by atoms with Crippen LogP contribution in [0.3, 0.4) is 0 Å². The number of para-hydroxylation sites is 1. The maximum atomic E-state index is 5.46. The van der Waals surface area contributed by atoms with Crippen LogP contribution in [0.2, 0.25) is 0 Å². The highest BCUT2D eigenvalue weighted by molar-refractivity contribution is 5.35. The Balaban J connectivity index is 1.87. The Kier molecular flexibility index (Phi) is 6.52. The molecule has 3 nitrogen and oxygen atoms in total. The Morgan fingerprint density at radius 3 is 2.86 bits per heavy atom. The van der Waals surface area contributed by atoms with E-state index in [4.69, 9.17) is 4.74 Å². The van der Waals surface area contributed by atoms with Crippen molar-refractivity contribution in [3.8, 4) is 5.75 Å². The van der Waals surface area contributed by atoms with Gasteiger partial charge in [0.15, 0.2) is 0 Å². The monoisotopic (exact) mass is 290 g/mol. The number of ether oxygens (including phenoxy) is 1. The lowest BCUT2D eigenvalue weighted by Crippen LogP contribution is -2.37. The van der Waals surface area contributed by atoms with Crippen molar-refractivity contribution in [1.82, 2.24) is 10.6 Å². The molecule has 0 saturated carbocycles. The number of hydrogen-bond donors (Lipinski definition) is 2. The molecule has 118 valence electrons. The summed E-state index contributed by atoms with van der Waals surface area (Å²) >= 11 is 0. The van der Waals surface area contributed by atoms with E-state index in [1.165, 1.54) is 44.2 Å². The Labute approximate surface area is 129 Å². The van der Waals surface area contributed by atoms with E-state index >= 15 is 0 Å². The number of hydrogen-bond acceptors (Lipinski definition) is 3. The van der Waals surface area contributed by atoms with E-state index in [1.807, 2.05) is 12.1 Å². The first kappa shape index (κ1) is 16.3. The summed E-state index contributed by atoms with van der Waals surface area (Å²) < 4.78 is 5.46. The summed E-state index contributed by atoms with van der Waals surface area (Å²) in [6.45, 7) is 5.69. The predicted molar refractivity (Wildman–Crippen MR) is 88.9 cm³/mol. The van der Waals surface area contributed by atoms with Crippen molar-refractivity contribution < 1.29 is 4.74 Å². The molecule has 2 N–H and O–H groups in total. The second-order valence-electron chi connectivity index (χ2n) is 6.27. The van der Waals surface area contributed by atoms with Gasteiger partial charge in [-0.3, -0.25) is 0 Å². The van der Waals surface area contributed by atoms with Crippen LogP contribution < -0.4 is 15.4 Å². The van der Waals surface area contributed by atoms with Gasteiger partial charge in [0, 0.05) is 23.7 Å². The lowest BCUT2D eigenvalue weighted by molar-refractivity contribution is 0.367. The first-order valence-electron chi connectivity index (χ1n) is 8.33. The molecule has 1 fully saturated rings. The van der Waals surface area contributed by atoms with Crippen LogP contribution in [0.4, 0.5) is 0 Å². The van der Waals surface area contributed by atoms with E-state index in [0.717, 1.165) is 5.75 Å². The molecule has 21 heavy (non-hydrogen) atoms. The van der Waals surface area contributed by atoms with Crippen molar-refractivity contribution in [2.75, 3.05) is 13.7 Å². The molecule has 1 aromatic rings. The van der Waals surface area contributed by atoms with Crippen LogP contribution in [0.1, 0.15) is 57.6 Å². The van der Waals surface area contributed by atoms with E-state index in [0.29, 0.717) is 18.1 Å². The van der Waals surface area contributed by atoms with Gasteiger partial charge >= 0.3 is 0 Å². The molecule has 0 radical (unpaired) electrons. The molecule has 0 amide bonds. The van der Waals surface area contributed by atoms with Gasteiger partial charge in [-0.2, -0.15) is 0 Å². The summed E-state index contributed by atoms with van der Waals surface area (Å²) in [5.74, 6) is 0.970. The molecule has 0 aromatic heterocycles. The Morgan fingerprint density at radius 2 is 2.05 bits per heavy atom. The maximum Gasteiger partial charge on any atom is 0.123 e. The highest BCUT2D eigenvalue weighted by Crippen LogP contribution is 2.25. The fourth-order valence-electron chi connectivity index (χ4n) is 3.34. The molecule has 1 aliphatic heterocycles. The maximum absolute atomic E-state index is 5.46. The van der Waals surface area contributed by atoms with E-state index in [1.54, 1.807) is 7.11 Å². The number of rotatable bonds is 6. The summed E-state index contributed by atoms with van der Waals surface area (Å²) in [6.07, 6.45) is 6.58. The SMILES string of the molecule is COc1ccccc1[C@H](C)NC(C)CC1CCCCCN1. The summed E-state index contributed by atoms with van der Waals surface area (Å²) in [5.41, 5.74) is 1.24. The highest BCUT2D eigenvalue weighted by Gasteiger charge is 2.18. The molecule has 2 rings (SSSR count). The highest BCUT2D eigenvalue weighted by atomic mass is 16.5. The molecule has 0 bridgehead atoms. The van der Waals surface area contributed by atoms with Crippen LogP contribution in [-0.4, -0.2) is 25.7 Å². The lowest BCUT2D eigenvalue weighted by atomic mass is 10.0. The van der Waals surface area contributed by atoms with Crippen molar-refractivity contribution >= 4 is 0 Å². The summed E-state index contributed by atoms with van der Waals surface area (Å²) in [5, 5.41) is 7.40. The van der Waals surface area contributed by atoms with E-state index in [2.05, 4.69) is 36.6 Å². The van der Waals surface area contributed by atoms with Gasteiger partial charge in [0.25, 0.3) is 0 Å².